The Hall–Kier alpha value is -0.740. The van der Waals surface area contributed by atoms with Gasteiger partial charge in [-0.15, -0.1) is 0 Å². The highest BCUT2D eigenvalue weighted by molar-refractivity contribution is 7.94. The number of benzene rings is 1. The molecule has 2 unspecified atom stereocenters. The van der Waals surface area contributed by atoms with E-state index in [1.165, 1.54) is 0 Å². The van der Waals surface area contributed by atoms with Crippen LogP contribution < -0.4 is 4.90 Å². The Balaban J connectivity index is 1.89. The third kappa shape index (κ3) is 1.36. The van der Waals surface area contributed by atoms with E-state index in [-0.39, 0.29) is 10.5 Å². The Kier molecular flexibility index (Phi) is 2.20. The highest BCUT2D eigenvalue weighted by Crippen LogP contribution is 2.38. The first kappa shape index (κ1) is 10.4. The van der Waals surface area contributed by atoms with E-state index in [4.69, 9.17) is 11.6 Å². The number of fused-ring (bicyclic) bond motifs is 2. The first-order valence-electron chi connectivity index (χ1n) is 5.31. The van der Waals surface area contributed by atoms with Gasteiger partial charge in [-0.2, -0.15) is 0 Å². The third-order valence-corrected chi connectivity index (χ3v) is 6.36. The van der Waals surface area contributed by atoms with Gasteiger partial charge < -0.3 is 4.90 Å². The van der Waals surface area contributed by atoms with Gasteiger partial charge in [0.25, 0.3) is 0 Å². The van der Waals surface area contributed by atoms with Crippen LogP contribution in [0.1, 0.15) is 6.42 Å². The largest absolute Gasteiger partial charge is 0.368 e. The molecule has 0 saturated carbocycles. The second kappa shape index (κ2) is 3.37. The number of anilines is 1. The molecular formula is C11H12ClNO2S. The fraction of sp³-hybridized carbons (Fsp3) is 0.455. The van der Waals surface area contributed by atoms with E-state index < -0.39 is 9.84 Å². The van der Waals surface area contributed by atoms with Gasteiger partial charge in [0.2, 0.25) is 0 Å². The van der Waals surface area contributed by atoms with E-state index in [9.17, 15) is 8.42 Å². The molecule has 3 heterocycles. The maximum absolute atomic E-state index is 11.6. The van der Waals surface area contributed by atoms with Crippen LogP contribution in [0, 0.1) is 0 Å². The summed E-state index contributed by atoms with van der Waals surface area (Å²) in [6.07, 6.45) is 0.823. The Morgan fingerprint density at radius 1 is 1.19 bits per heavy atom. The van der Waals surface area contributed by atoms with Crippen molar-refractivity contribution in [2.45, 2.75) is 16.9 Å². The first-order chi connectivity index (χ1) is 7.59. The van der Waals surface area contributed by atoms with Gasteiger partial charge in [-0.3, -0.25) is 0 Å². The summed E-state index contributed by atoms with van der Waals surface area (Å²) in [4.78, 5) is 2.09. The molecule has 2 atom stereocenters. The standard InChI is InChI=1S/C11H12ClNO2S/c12-10-3-1-2-4-11(10)13-6-8-5-9(7-13)16(8,14)15/h1-4,8-9H,5-7H2. The molecule has 3 fully saturated rings. The Labute approximate surface area is 99.9 Å². The van der Waals surface area contributed by atoms with E-state index >= 15 is 0 Å². The zero-order valence-electron chi connectivity index (χ0n) is 8.64. The molecule has 1 aromatic carbocycles. The van der Waals surface area contributed by atoms with E-state index in [1.54, 1.807) is 0 Å². The fourth-order valence-electron chi connectivity index (χ4n) is 2.54. The van der Waals surface area contributed by atoms with Crippen LogP contribution in [0.5, 0.6) is 0 Å². The smallest absolute Gasteiger partial charge is 0.159 e. The van der Waals surface area contributed by atoms with Gasteiger partial charge in [-0.05, 0) is 18.6 Å². The lowest BCUT2D eigenvalue weighted by molar-refractivity contribution is 0.460. The van der Waals surface area contributed by atoms with Crippen LogP contribution in [0.4, 0.5) is 5.69 Å². The fourth-order valence-corrected chi connectivity index (χ4v) is 4.76. The van der Waals surface area contributed by atoms with Crippen LogP contribution in [-0.2, 0) is 9.84 Å². The molecule has 0 amide bonds. The zero-order chi connectivity index (χ0) is 11.3. The second-order valence-electron chi connectivity index (χ2n) is 4.43. The quantitative estimate of drug-likeness (QED) is 0.769. The van der Waals surface area contributed by atoms with Gasteiger partial charge in [0, 0.05) is 13.1 Å². The Morgan fingerprint density at radius 2 is 1.81 bits per heavy atom. The predicted molar refractivity (Wildman–Crippen MR) is 64.8 cm³/mol. The van der Waals surface area contributed by atoms with Crippen molar-refractivity contribution in [1.82, 2.24) is 0 Å². The van der Waals surface area contributed by atoms with Crippen molar-refractivity contribution in [2.75, 3.05) is 18.0 Å². The van der Waals surface area contributed by atoms with Crippen LogP contribution >= 0.6 is 11.6 Å². The molecular weight excluding hydrogens is 246 g/mol. The molecule has 5 heteroatoms. The molecule has 16 heavy (non-hydrogen) atoms. The van der Waals surface area contributed by atoms with E-state index in [0.717, 1.165) is 12.1 Å². The summed E-state index contributed by atoms with van der Waals surface area (Å²) in [6.45, 7) is 1.17. The molecule has 3 saturated heterocycles. The molecule has 0 aliphatic carbocycles. The van der Waals surface area contributed by atoms with Crippen LogP contribution in [-0.4, -0.2) is 32.0 Å². The maximum Gasteiger partial charge on any atom is 0.159 e. The summed E-state index contributed by atoms with van der Waals surface area (Å²) in [5.41, 5.74) is 0.953. The molecule has 3 aliphatic rings. The van der Waals surface area contributed by atoms with Crippen molar-refractivity contribution < 1.29 is 8.42 Å². The Morgan fingerprint density at radius 3 is 2.38 bits per heavy atom. The molecule has 1 aromatic rings. The zero-order valence-corrected chi connectivity index (χ0v) is 10.2. The van der Waals surface area contributed by atoms with Crippen molar-refractivity contribution in [3.8, 4) is 0 Å². The third-order valence-electron chi connectivity index (χ3n) is 3.50. The first-order valence-corrected chi connectivity index (χ1v) is 7.30. The van der Waals surface area contributed by atoms with Crippen LogP contribution in [0.15, 0.2) is 24.3 Å². The van der Waals surface area contributed by atoms with Crippen LogP contribution in [0.2, 0.25) is 5.02 Å². The van der Waals surface area contributed by atoms with Crippen molar-refractivity contribution in [3.05, 3.63) is 29.3 Å². The van der Waals surface area contributed by atoms with Crippen molar-refractivity contribution in [3.63, 3.8) is 0 Å². The van der Waals surface area contributed by atoms with Gasteiger partial charge in [-0.1, -0.05) is 23.7 Å². The van der Waals surface area contributed by atoms with E-state index in [0.29, 0.717) is 18.1 Å². The molecule has 0 aromatic heterocycles. The van der Waals surface area contributed by atoms with Gasteiger partial charge >= 0.3 is 0 Å². The van der Waals surface area contributed by atoms with Crippen LogP contribution in [0.25, 0.3) is 0 Å². The number of piperidine rings is 1. The lowest BCUT2D eigenvalue weighted by atomic mass is 10.1. The van der Waals surface area contributed by atoms with Gasteiger partial charge in [0.05, 0.1) is 21.2 Å². The van der Waals surface area contributed by atoms with Gasteiger partial charge in [0.1, 0.15) is 0 Å². The molecule has 0 radical (unpaired) electrons. The molecule has 3 aliphatic heterocycles. The monoisotopic (exact) mass is 257 g/mol. The number of halogens is 1. The summed E-state index contributed by atoms with van der Waals surface area (Å²) in [7, 11) is -2.80. The average Bonchev–Trinajstić information content (AvgIpc) is 2.29. The lowest BCUT2D eigenvalue weighted by Crippen LogP contribution is -2.62. The predicted octanol–water partition coefficient (Wildman–Crippen LogP) is 1.72. The molecule has 2 bridgehead atoms. The molecule has 4 rings (SSSR count). The molecule has 0 N–H and O–H groups in total. The summed E-state index contributed by atoms with van der Waals surface area (Å²) >= 11 is 6.10. The average molecular weight is 258 g/mol. The van der Waals surface area contributed by atoms with Crippen molar-refractivity contribution >= 4 is 27.1 Å². The highest BCUT2D eigenvalue weighted by Gasteiger charge is 2.51. The number of rotatable bonds is 1. The SMILES string of the molecule is O=S1(=O)C2CC1CN(c1ccccc1Cl)C2. The van der Waals surface area contributed by atoms with Gasteiger partial charge in [-0.25, -0.2) is 8.42 Å². The van der Waals surface area contributed by atoms with Gasteiger partial charge in [0.15, 0.2) is 9.84 Å². The van der Waals surface area contributed by atoms with Crippen molar-refractivity contribution in [1.29, 1.82) is 0 Å². The summed E-state index contributed by atoms with van der Waals surface area (Å²) in [5.74, 6) is 0. The second-order valence-corrected chi connectivity index (χ2v) is 7.34. The Bertz CT molecular complexity index is 511. The number of hydrogen-bond acceptors (Lipinski definition) is 3. The molecule has 86 valence electrons. The highest BCUT2D eigenvalue weighted by atomic mass is 35.5. The van der Waals surface area contributed by atoms with E-state index in [2.05, 4.69) is 4.90 Å². The topological polar surface area (TPSA) is 37.4 Å². The maximum atomic E-state index is 11.6. The molecule has 0 spiro atoms. The number of nitrogens with zero attached hydrogens (tertiary/aromatic N) is 1. The number of para-hydroxylation sites is 1. The minimum Gasteiger partial charge on any atom is -0.368 e. The summed E-state index contributed by atoms with van der Waals surface area (Å²) in [5, 5.41) is 0.339. The normalized spacial score (nSPS) is 30.9. The lowest BCUT2D eigenvalue weighted by Gasteiger charge is -2.47. The van der Waals surface area contributed by atoms with E-state index in [1.807, 2.05) is 24.3 Å². The minimum atomic E-state index is -2.80. The number of sulfone groups is 1. The summed E-state index contributed by atoms with van der Waals surface area (Å²) in [6, 6.07) is 7.59. The summed E-state index contributed by atoms with van der Waals surface area (Å²) < 4.78 is 23.3. The molecule has 3 nitrogen and oxygen atoms in total. The minimum absolute atomic E-state index is 0.178. The van der Waals surface area contributed by atoms with Crippen LogP contribution in [0.3, 0.4) is 0 Å². The van der Waals surface area contributed by atoms with Crippen molar-refractivity contribution in [2.24, 2.45) is 0 Å². The number of hydrogen-bond donors (Lipinski definition) is 0.